The van der Waals surface area contributed by atoms with Crippen molar-refractivity contribution in [2.45, 2.75) is 40.5 Å². The van der Waals surface area contributed by atoms with Crippen LogP contribution in [0.5, 0.6) is 0 Å². The highest BCUT2D eigenvalue weighted by Crippen LogP contribution is 2.22. The second-order valence-corrected chi connectivity index (χ2v) is 6.14. The lowest BCUT2D eigenvalue weighted by molar-refractivity contribution is 0.436. The van der Waals surface area contributed by atoms with Gasteiger partial charge < -0.3 is 10.2 Å². The third-order valence-corrected chi connectivity index (χ3v) is 3.62. The number of hydrogen-bond acceptors (Lipinski definition) is 4. The maximum Gasteiger partial charge on any atom is 0.224 e. The lowest BCUT2D eigenvalue weighted by Gasteiger charge is -2.31. The van der Waals surface area contributed by atoms with Crippen LogP contribution in [0.1, 0.15) is 39.3 Å². The second-order valence-electron chi connectivity index (χ2n) is 6.14. The summed E-state index contributed by atoms with van der Waals surface area (Å²) in [7, 11) is 0. The van der Waals surface area contributed by atoms with Crippen LogP contribution in [0.4, 0.5) is 11.8 Å². The first-order chi connectivity index (χ1) is 9.04. The van der Waals surface area contributed by atoms with E-state index in [1.165, 1.54) is 12.8 Å². The van der Waals surface area contributed by atoms with Gasteiger partial charge in [-0.3, -0.25) is 0 Å². The van der Waals surface area contributed by atoms with Crippen molar-refractivity contribution in [3.63, 3.8) is 0 Å². The molecule has 0 atom stereocenters. The summed E-state index contributed by atoms with van der Waals surface area (Å²) in [5.74, 6) is 3.29. The molecule has 19 heavy (non-hydrogen) atoms. The van der Waals surface area contributed by atoms with Crippen LogP contribution in [0.25, 0.3) is 0 Å². The van der Waals surface area contributed by atoms with Crippen molar-refractivity contribution in [1.29, 1.82) is 0 Å². The molecule has 4 heteroatoms. The second kappa shape index (κ2) is 6.22. The fraction of sp³-hybridized carbons (Fsp3) is 0.733. The van der Waals surface area contributed by atoms with E-state index in [9.17, 15) is 0 Å². The van der Waals surface area contributed by atoms with Crippen molar-refractivity contribution < 1.29 is 0 Å². The molecule has 1 aromatic rings. The molecule has 2 rings (SSSR count). The Morgan fingerprint density at radius 1 is 1.32 bits per heavy atom. The SMILES string of the molecule is Cc1cc(N2CCC(C)CC2)nc(NCC(C)C)n1. The zero-order valence-electron chi connectivity index (χ0n) is 12.6. The summed E-state index contributed by atoms with van der Waals surface area (Å²) < 4.78 is 0. The van der Waals surface area contributed by atoms with Gasteiger partial charge in [0.1, 0.15) is 5.82 Å². The minimum absolute atomic E-state index is 0.600. The summed E-state index contributed by atoms with van der Waals surface area (Å²) >= 11 is 0. The summed E-state index contributed by atoms with van der Waals surface area (Å²) in [6.07, 6.45) is 2.52. The van der Waals surface area contributed by atoms with Crippen molar-refractivity contribution in [3.05, 3.63) is 11.8 Å². The predicted octanol–water partition coefficient (Wildman–Crippen LogP) is 3.09. The molecular formula is C15H26N4. The van der Waals surface area contributed by atoms with E-state index in [1.807, 2.05) is 6.92 Å². The number of nitrogens with one attached hydrogen (secondary N) is 1. The van der Waals surface area contributed by atoms with Gasteiger partial charge in [0, 0.05) is 31.4 Å². The third-order valence-electron chi connectivity index (χ3n) is 3.62. The van der Waals surface area contributed by atoms with Crippen molar-refractivity contribution in [2.24, 2.45) is 11.8 Å². The topological polar surface area (TPSA) is 41.1 Å². The Morgan fingerprint density at radius 3 is 2.63 bits per heavy atom. The van der Waals surface area contributed by atoms with E-state index in [-0.39, 0.29) is 0 Å². The van der Waals surface area contributed by atoms with E-state index in [1.54, 1.807) is 0 Å². The number of anilines is 2. The molecule has 1 aromatic heterocycles. The fourth-order valence-corrected chi connectivity index (χ4v) is 2.33. The average molecular weight is 262 g/mol. The highest BCUT2D eigenvalue weighted by atomic mass is 15.2. The number of piperidine rings is 1. The summed E-state index contributed by atoms with van der Waals surface area (Å²) in [5, 5.41) is 3.32. The molecule has 1 saturated heterocycles. The molecule has 4 nitrogen and oxygen atoms in total. The summed E-state index contributed by atoms with van der Waals surface area (Å²) in [6.45, 7) is 11.9. The Hall–Kier alpha value is -1.32. The Labute approximate surface area is 116 Å². The number of nitrogens with zero attached hydrogens (tertiary/aromatic N) is 3. The summed E-state index contributed by atoms with van der Waals surface area (Å²) in [4.78, 5) is 11.5. The van der Waals surface area contributed by atoms with Crippen LogP contribution in [0.2, 0.25) is 0 Å². The third kappa shape index (κ3) is 4.08. The minimum atomic E-state index is 0.600. The Kier molecular flexibility index (Phi) is 4.61. The van der Waals surface area contributed by atoms with Crippen LogP contribution in [-0.2, 0) is 0 Å². The van der Waals surface area contributed by atoms with Crippen LogP contribution >= 0.6 is 0 Å². The monoisotopic (exact) mass is 262 g/mol. The van der Waals surface area contributed by atoms with Gasteiger partial charge in [0.05, 0.1) is 0 Å². The van der Waals surface area contributed by atoms with Crippen LogP contribution < -0.4 is 10.2 Å². The highest BCUT2D eigenvalue weighted by Gasteiger charge is 2.17. The quantitative estimate of drug-likeness (QED) is 0.905. The fourth-order valence-electron chi connectivity index (χ4n) is 2.33. The Bertz CT molecular complexity index is 409. The molecule has 0 radical (unpaired) electrons. The number of aromatic nitrogens is 2. The molecule has 0 aliphatic carbocycles. The molecule has 1 aliphatic heterocycles. The first kappa shape index (κ1) is 14.1. The maximum absolute atomic E-state index is 4.66. The van der Waals surface area contributed by atoms with Gasteiger partial charge in [-0.25, -0.2) is 4.98 Å². The molecule has 0 unspecified atom stereocenters. The van der Waals surface area contributed by atoms with Gasteiger partial charge in [-0.2, -0.15) is 4.98 Å². The van der Waals surface area contributed by atoms with Gasteiger partial charge in [0.15, 0.2) is 0 Å². The largest absolute Gasteiger partial charge is 0.356 e. The normalized spacial score (nSPS) is 17.0. The van der Waals surface area contributed by atoms with Crippen LogP contribution in [0, 0.1) is 18.8 Å². The lowest BCUT2D eigenvalue weighted by atomic mass is 9.99. The Balaban J connectivity index is 2.07. The summed E-state index contributed by atoms with van der Waals surface area (Å²) in [5.41, 5.74) is 1.04. The van der Waals surface area contributed by atoms with E-state index in [0.29, 0.717) is 5.92 Å². The molecule has 2 heterocycles. The minimum Gasteiger partial charge on any atom is -0.356 e. The smallest absolute Gasteiger partial charge is 0.224 e. The predicted molar refractivity (Wildman–Crippen MR) is 80.7 cm³/mol. The van der Waals surface area contributed by atoms with Gasteiger partial charge in [-0.1, -0.05) is 20.8 Å². The van der Waals surface area contributed by atoms with Gasteiger partial charge in [0.2, 0.25) is 5.95 Å². The molecule has 0 amide bonds. The van der Waals surface area contributed by atoms with E-state index in [4.69, 9.17) is 0 Å². The zero-order valence-corrected chi connectivity index (χ0v) is 12.6. The number of rotatable bonds is 4. The van der Waals surface area contributed by atoms with E-state index in [0.717, 1.165) is 43.0 Å². The Morgan fingerprint density at radius 2 is 2.00 bits per heavy atom. The van der Waals surface area contributed by atoms with Gasteiger partial charge in [-0.15, -0.1) is 0 Å². The van der Waals surface area contributed by atoms with Gasteiger partial charge in [0.25, 0.3) is 0 Å². The molecule has 0 bridgehead atoms. The zero-order chi connectivity index (χ0) is 13.8. The molecule has 106 valence electrons. The van der Waals surface area contributed by atoms with E-state index >= 15 is 0 Å². The maximum atomic E-state index is 4.66. The molecular weight excluding hydrogens is 236 g/mol. The van der Waals surface area contributed by atoms with Crippen molar-refractivity contribution in [2.75, 3.05) is 29.9 Å². The first-order valence-electron chi connectivity index (χ1n) is 7.39. The molecule has 0 spiro atoms. The van der Waals surface area contributed by atoms with Crippen LogP contribution in [-0.4, -0.2) is 29.6 Å². The molecule has 1 fully saturated rings. The van der Waals surface area contributed by atoms with Gasteiger partial charge in [-0.05, 0) is 31.6 Å². The van der Waals surface area contributed by atoms with Crippen molar-refractivity contribution >= 4 is 11.8 Å². The van der Waals surface area contributed by atoms with Crippen molar-refractivity contribution in [3.8, 4) is 0 Å². The van der Waals surface area contributed by atoms with Gasteiger partial charge >= 0.3 is 0 Å². The summed E-state index contributed by atoms with van der Waals surface area (Å²) in [6, 6.07) is 2.09. The number of aryl methyl sites for hydroxylation is 1. The average Bonchev–Trinajstić information content (AvgIpc) is 2.36. The van der Waals surface area contributed by atoms with Crippen molar-refractivity contribution in [1.82, 2.24) is 9.97 Å². The first-order valence-corrected chi connectivity index (χ1v) is 7.39. The highest BCUT2D eigenvalue weighted by molar-refractivity contribution is 5.45. The standard InChI is InChI=1S/C15H26N4/c1-11(2)10-16-15-17-13(4)9-14(18-15)19-7-5-12(3)6-8-19/h9,11-12H,5-8,10H2,1-4H3,(H,16,17,18). The lowest BCUT2D eigenvalue weighted by Crippen LogP contribution is -2.33. The van der Waals surface area contributed by atoms with Crippen LogP contribution in [0.15, 0.2) is 6.07 Å². The molecule has 1 aliphatic rings. The molecule has 0 aromatic carbocycles. The van der Waals surface area contributed by atoms with E-state index < -0.39 is 0 Å². The molecule has 0 saturated carbocycles. The van der Waals surface area contributed by atoms with E-state index in [2.05, 4.69) is 47.0 Å². The number of hydrogen-bond donors (Lipinski definition) is 1. The molecule has 1 N–H and O–H groups in total. The van der Waals surface area contributed by atoms with Crippen LogP contribution in [0.3, 0.4) is 0 Å².